The second-order valence-electron chi connectivity index (χ2n) is 2.13. The zero-order valence-corrected chi connectivity index (χ0v) is 7.46. The van der Waals surface area contributed by atoms with E-state index < -0.39 is 0 Å². The summed E-state index contributed by atoms with van der Waals surface area (Å²) in [5.41, 5.74) is 0.570. The van der Waals surface area contributed by atoms with Crippen LogP contribution in [0.4, 0.5) is 5.95 Å². The molecule has 13 heavy (non-hydrogen) atoms. The van der Waals surface area contributed by atoms with Gasteiger partial charge in [-0.15, -0.1) is 4.91 Å². The molecule has 2 aromatic rings. The fourth-order valence-corrected chi connectivity index (χ4v) is 1.29. The van der Waals surface area contributed by atoms with Gasteiger partial charge in [-0.25, -0.2) is 4.98 Å². The summed E-state index contributed by atoms with van der Waals surface area (Å²) in [5.74, 6) is -0.103. The number of halogens is 2. The number of nitrogens with zero attached hydrogens (tertiary/aromatic N) is 4. The number of nitroso groups, excluding NO2 is 1. The van der Waals surface area contributed by atoms with Gasteiger partial charge in [0.15, 0.2) is 10.8 Å². The lowest BCUT2D eigenvalue weighted by molar-refractivity contribution is 1.20. The Bertz CT molecular complexity index is 481. The van der Waals surface area contributed by atoms with Crippen molar-refractivity contribution in [2.75, 3.05) is 0 Å². The molecule has 0 aliphatic rings. The van der Waals surface area contributed by atoms with E-state index >= 15 is 0 Å². The lowest BCUT2D eigenvalue weighted by atomic mass is 10.6. The molecule has 0 aromatic carbocycles. The Morgan fingerprint density at radius 2 is 2.00 bits per heavy atom. The lowest BCUT2D eigenvalue weighted by Crippen LogP contribution is -1.84. The first-order chi connectivity index (χ1) is 6.20. The molecule has 0 unspecified atom stereocenters. The van der Waals surface area contributed by atoms with Crippen molar-refractivity contribution in [3.8, 4) is 0 Å². The summed E-state index contributed by atoms with van der Waals surface area (Å²) in [7, 11) is 0. The minimum Gasteiger partial charge on any atom is -0.316 e. The maximum atomic E-state index is 10.1. The van der Waals surface area contributed by atoms with Gasteiger partial charge in [-0.3, -0.25) is 0 Å². The van der Waals surface area contributed by atoms with Crippen LogP contribution in [0.15, 0.2) is 5.18 Å². The average Bonchev–Trinajstić information content (AvgIpc) is 2.47. The molecule has 1 N–H and O–H groups in total. The van der Waals surface area contributed by atoms with Gasteiger partial charge in [0.2, 0.25) is 5.28 Å². The van der Waals surface area contributed by atoms with Crippen LogP contribution in [0.25, 0.3) is 11.2 Å². The number of hydrogen-bond acceptors (Lipinski definition) is 5. The fourth-order valence-electron chi connectivity index (χ4n) is 0.869. The van der Waals surface area contributed by atoms with Crippen LogP contribution < -0.4 is 0 Å². The maximum absolute atomic E-state index is 10.1. The lowest BCUT2D eigenvalue weighted by Gasteiger charge is -1.90. The number of rotatable bonds is 1. The Morgan fingerprint density at radius 1 is 1.23 bits per heavy atom. The molecule has 2 heterocycles. The van der Waals surface area contributed by atoms with E-state index in [4.69, 9.17) is 23.2 Å². The number of H-pyrrole nitrogens is 1. The van der Waals surface area contributed by atoms with E-state index in [1.165, 1.54) is 0 Å². The highest BCUT2D eigenvalue weighted by molar-refractivity contribution is 6.35. The van der Waals surface area contributed by atoms with Crippen molar-refractivity contribution in [1.82, 2.24) is 19.9 Å². The van der Waals surface area contributed by atoms with Gasteiger partial charge in [-0.2, -0.15) is 9.97 Å². The number of imidazole rings is 1. The van der Waals surface area contributed by atoms with Crippen LogP contribution >= 0.6 is 23.2 Å². The second kappa shape index (κ2) is 2.90. The molecule has 0 saturated heterocycles. The number of nitrogens with one attached hydrogen (secondary N) is 1. The summed E-state index contributed by atoms with van der Waals surface area (Å²) >= 11 is 11.2. The van der Waals surface area contributed by atoms with Crippen LogP contribution in [0, 0.1) is 4.91 Å². The van der Waals surface area contributed by atoms with E-state index in [1.807, 2.05) is 0 Å². The molecule has 6 nitrogen and oxygen atoms in total. The first-order valence-corrected chi connectivity index (χ1v) is 3.88. The van der Waals surface area contributed by atoms with E-state index in [2.05, 4.69) is 25.1 Å². The van der Waals surface area contributed by atoms with E-state index in [1.54, 1.807) is 0 Å². The highest BCUT2D eigenvalue weighted by Crippen LogP contribution is 2.22. The summed E-state index contributed by atoms with van der Waals surface area (Å²) in [6.07, 6.45) is 0. The normalized spacial score (nSPS) is 10.6. The molecule has 0 aliphatic heterocycles. The molecule has 2 rings (SSSR count). The highest BCUT2D eigenvalue weighted by atomic mass is 35.5. The van der Waals surface area contributed by atoms with Crippen LogP contribution in [-0.2, 0) is 0 Å². The van der Waals surface area contributed by atoms with E-state index in [9.17, 15) is 4.91 Å². The quantitative estimate of drug-likeness (QED) is 0.451. The Hall–Kier alpha value is -1.27. The van der Waals surface area contributed by atoms with Crippen molar-refractivity contribution < 1.29 is 0 Å². The summed E-state index contributed by atoms with van der Waals surface area (Å²) in [5, 5.41) is 2.67. The first-order valence-electron chi connectivity index (χ1n) is 3.13. The van der Waals surface area contributed by atoms with Crippen molar-refractivity contribution in [2.24, 2.45) is 5.18 Å². The molecule has 0 atom stereocenters. The molecule has 0 saturated carbocycles. The van der Waals surface area contributed by atoms with Crippen LogP contribution in [0.5, 0.6) is 0 Å². The molecule has 2 aromatic heterocycles. The third-order valence-electron chi connectivity index (χ3n) is 1.35. The Balaban J connectivity index is 2.82. The molecule has 0 bridgehead atoms. The maximum Gasteiger partial charge on any atom is 0.271 e. The number of hydrogen-bond donors (Lipinski definition) is 1. The van der Waals surface area contributed by atoms with Gasteiger partial charge in [-0.05, 0) is 11.6 Å². The Morgan fingerprint density at radius 3 is 2.69 bits per heavy atom. The van der Waals surface area contributed by atoms with Gasteiger partial charge in [0.25, 0.3) is 5.95 Å². The third-order valence-corrected chi connectivity index (χ3v) is 1.80. The zero-order valence-electron chi connectivity index (χ0n) is 5.95. The molecule has 8 heteroatoms. The second-order valence-corrected chi connectivity index (χ2v) is 2.83. The molecular formula is C5HCl2N5O. The smallest absolute Gasteiger partial charge is 0.271 e. The van der Waals surface area contributed by atoms with Crippen molar-refractivity contribution in [3.05, 3.63) is 15.3 Å². The van der Waals surface area contributed by atoms with Crippen molar-refractivity contribution in [3.63, 3.8) is 0 Å². The fraction of sp³-hybridized carbons (Fsp3) is 0. The van der Waals surface area contributed by atoms with Gasteiger partial charge in [-0.1, -0.05) is 11.6 Å². The van der Waals surface area contributed by atoms with Gasteiger partial charge in [0.05, 0.1) is 0 Å². The van der Waals surface area contributed by atoms with E-state index in [-0.39, 0.29) is 22.0 Å². The van der Waals surface area contributed by atoms with Gasteiger partial charge in [0.1, 0.15) is 5.52 Å². The van der Waals surface area contributed by atoms with Crippen LogP contribution in [0.1, 0.15) is 0 Å². The van der Waals surface area contributed by atoms with Crippen molar-refractivity contribution >= 4 is 40.3 Å². The SMILES string of the molecule is O=Nc1nc2nc(Cl)nc(Cl)c2[nH]1. The topological polar surface area (TPSA) is 83.9 Å². The van der Waals surface area contributed by atoms with Crippen molar-refractivity contribution in [2.45, 2.75) is 0 Å². The number of fused-ring (bicyclic) bond motifs is 1. The van der Waals surface area contributed by atoms with E-state index in [0.717, 1.165) is 0 Å². The largest absolute Gasteiger partial charge is 0.316 e. The molecule has 66 valence electrons. The summed E-state index contributed by atoms with van der Waals surface area (Å²) < 4.78 is 0. The standard InChI is InChI=1S/C5HCl2N5O/c6-2-1-3(10-4(7)9-2)11-5(8-1)12-13/h(H,8,9,10,11). The first kappa shape index (κ1) is 8.33. The molecule has 0 aliphatic carbocycles. The summed E-state index contributed by atoms with van der Waals surface area (Å²) in [4.78, 5) is 23.7. The summed E-state index contributed by atoms with van der Waals surface area (Å²) in [6, 6.07) is 0. The molecule has 0 spiro atoms. The van der Waals surface area contributed by atoms with Gasteiger partial charge < -0.3 is 4.98 Å². The minimum absolute atomic E-state index is 0.0264. The summed E-state index contributed by atoms with van der Waals surface area (Å²) in [6.45, 7) is 0. The Labute approximate surface area is 81.3 Å². The van der Waals surface area contributed by atoms with Crippen LogP contribution in [0.2, 0.25) is 10.4 Å². The zero-order chi connectivity index (χ0) is 9.42. The predicted octanol–water partition coefficient (Wildman–Crippen LogP) is 2.06. The minimum atomic E-state index is -0.103. The van der Waals surface area contributed by atoms with E-state index in [0.29, 0.717) is 5.52 Å². The van der Waals surface area contributed by atoms with Gasteiger partial charge >= 0.3 is 0 Å². The third kappa shape index (κ3) is 1.34. The number of aromatic amines is 1. The molecule has 0 radical (unpaired) electrons. The van der Waals surface area contributed by atoms with Crippen molar-refractivity contribution in [1.29, 1.82) is 0 Å². The van der Waals surface area contributed by atoms with Gasteiger partial charge in [0, 0.05) is 5.18 Å². The molecule has 0 fully saturated rings. The molecular weight excluding hydrogens is 217 g/mol. The monoisotopic (exact) mass is 217 g/mol. The van der Waals surface area contributed by atoms with Crippen LogP contribution in [0.3, 0.4) is 0 Å². The number of aromatic nitrogens is 4. The predicted molar refractivity (Wildman–Crippen MR) is 47.2 cm³/mol. The average molecular weight is 218 g/mol. The highest BCUT2D eigenvalue weighted by Gasteiger charge is 2.09. The Kier molecular flexibility index (Phi) is 1.86. The van der Waals surface area contributed by atoms with Crippen LogP contribution in [-0.4, -0.2) is 19.9 Å². The molecule has 0 amide bonds.